The Morgan fingerprint density at radius 1 is 1.20 bits per heavy atom. The molecule has 0 unspecified atom stereocenters. The van der Waals surface area contributed by atoms with E-state index < -0.39 is 4.92 Å². The molecule has 0 spiro atoms. The van der Waals surface area contributed by atoms with E-state index in [4.69, 9.17) is 5.26 Å². The molecule has 0 heterocycles. The fourth-order valence-corrected chi connectivity index (χ4v) is 1.99. The SMILES string of the molecule is Cc1cccc(C)c1Nc1ccc([N+](=O)[O-])cc1C#N. The lowest BCUT2D eigenvalue weighted by Gasteiger charge is -2.13. The van der Waals surface area contributed by atoms with Gasteiger partial charge in [-0.25, -0.2) is 0 Å². The van der Waals surface area contributed by atoms with Gasteiger partial charge in [-0.2, -0.15) is 5.26 Å². The lowest BCUT2D eigenvalue weighted by atomic mass is 10.1. The Balaban J connectivity index is 2.44. The van der Waals surface area contributed by atoms with Crippen LogP contribution in [0.4, 0.5) is 17.1 Å². The zero-order chi connectivity index (χ0) is 14.7. The van der Waals surface area contributed by atoms with Gasteiger partial charge in [-0.15, -0.1) is 0 Å². The van der Waals surface area contributed by atoms with E-state index >= 15 is 0 Å². The number of hydrogen-bond acceptors (Lipinski definition) is 4. The van der Waals surface area contributed by atoms with Crippen LogP contribution < -0.4 is 5.32 Å². The third kappa shape index (κ3) is 2.59. The number of nitro benzene ring substituents is 1. The average Bonchev–Trinajstić information content (AvgIpc) is 2.43. The van der Waals surface area contributed by atoms with Gasteiger partial charge < -0.3 is 5.32 Å². The predicted octanol–water partition coefficient (Wildman–Crippen LogP) is 3.83. The fraction of sp³-hybridized carbons (Fsp3) is 0.133. The van der Waals surface area contributed by atoms with E-state index in [1.54, 1.807) is 6.07 Å². The Labute approximate surface area is 116 Å². The third-order valence-corrected chi connectivity index (χ3v) is 3.08. The van der Waals surface area contributed by atoms with E-state index in [-0.39, 0.29) is 11.3 Å². The molecule has 0 aromatic heterocycles. The summed E-state index contributed by atoms with van der Waals surface area (Å²) in [5.74, 6) is 0. The van der Waals surface area contributed by atoms with Crippen LogP contribution in [0.25, 0.3) is 0 Å². The number of non-ortho nitro benzene ring substituents is 1. The molecule has 20 heavy (non-hydrogen) atoms. The van der Waals surface area contributed by atoms with E-state index in [2.05, 4.69) is 5.32 Å². The summed E-state index contributed by atoms with van der Waals surface area (Å²) in [7, 11) is 0. The number of rotatable bonds is 3. The van der Waals surface area contributed by atoms with Crippen LogP contribution in [0, 0.1) is 35.3 Å². The summed E-state index contributed by atoms with van der Waals surface area (Å²) in [6.07, 6.45) is 0. The van der Waals surface area contributed by atoms with Crippen molar-refractivity contribution in [2.75, 3.05) is 5.32 Å². The van der Waals surface area contributed by atoms with Gasteiger partial charge in [-0.3, -0.25) is 10.1 Å². The van der Waals surface area contributed by atoms with Crippen LogP contribution >= 0.6 is 0 Å². The van der Waals surface area contributed by atoms with Crippen molar-refractivity contribution in [1.29, 1.82) is 5.26 Å². The Morgan fingerprint density at radius 2 is 1.85 bits per heavy atom. The molecule has 0 atom stereocenters. The van der Waals surface area contributed by atoms with Crippen molar-refractivity contribution in [3.05, 3.63) is 63.2 Å². The summed E-state index contributed by atoms with van der Waals surface area (Å²) in [5.41, 5.74) is 3.74. The van der Waals surface area contributed by atoms with Gasteiger partial charge >= 0.3 is 0 Å². The lowest BCUT2D eigenvalue weighted by Crippen LogP contribution is -1.99. The van der Waals surface area contributed by atoms with E-state index in [0.29, 0.717) is 5.69 Å². The highest BCUT2D eigenvalue weighted by Gasteiger charge is 2.12. The Bertz CT molecular complexity index is 697. The molecule has 0 radical (unpaired) electrons. The van der Waals surface area contributed by atoms with Crippen molar-refractivity contribution in [1.82, 2.24) is 0 Å². The molecule has 100 valence electrons. The minimum absolute atomic E-state index is 0.0893. The van der Waals surface area contributed by atoms with Gasteiger partial charge in [0, 0.05) is 17.8 Å². The summed E-state index contributed by atoms with van der Waals surface area (Å²) in [4.78, 5) is 10.2. The van der Waals surface area contributed by atoms with E-state index in [1.165, 1.54) is 12.1 Å². The van der Waals surface area contributed by atoms with Crippen LogP contribution in [-0.4, -0.2) is 4.92 Å². The molecule has 0 saturated heterocycles. The van der Waals surface area contributed by atoms with Crippen LogP contribution in [0.15, 0.2) is 36.4 Å². The molecule has 5 nitrogen and oxygen atoms in total. The number of nitro groups is 1. The summed E-state index contributed by atoms with van der Waals surface area (Å²) in [5, 5.41) is 23.0. The highest BCUT2D eigenvalue weighted by molar-refractivity contribution is 5.72. The second-order valence-electron chi connectivity index (χ2n) is 4.49. The smallest absolute Gasteiger partial charge is 0.270 e. The van der Waals surface area contributed by atoms with Crippen LogP contribution in [0.1, 0.15) is 16.7 Å². The Morgan fingerprint density at radius 3 is 2.40 bits per heavy atom. The molecular weight excluding hydrogens is 254 g/mol. The third-order valence-electron chi connectivity index (χ3n) is 3.08. The molecule has 0 aliphatic heterocycles. The minimum Gasteiger partial charge on any atom is -0.354 e. The van der Waals surface area contributed by atoms with Crippen molar-refractivity contribution in [3.8, 4) is 6.07 Å². The zero-order valence-electron chi connectivity index (χ0n) is 11.2. The summed E-state index contributed by atoms with van der Waals surface area (Å²) in [6, 6.07) is 12.1. The topological polar surface area (TPSA) is 79.0 Å². The van der Waals surface area contributed by atoms with Crippen LogP contribution in [0.2, 0.25) is 0 Å². The van der Waals surface area contributed by atoms with Crippen molar-refractivity contribution in [2.45, 2.75) is 13.8 Å². The van der Waals surface area contributed by atoms with Gasteiger partial charge in [0.15, 0.2) is 0 Å². The molecule has 0 bridgehead atoms. The van der Waals surface area contributed by atoms with Gasteiger partial charge in [0.05, 0.1) is 16.2 Å². The molecule has 0 aliphatic rings. The molecular formula is C15H13N3O2. The largest absolute Gasteiger partial charge is 0.354 e. The second kappa shape index (κ2) is 5.41. The number of hydrogen-bond donors (Lipinski definition) is 1. The molecule has 0 fully saturated rings. The normalized spacial score (nSPS) is 9.85. The van der Waals surface area contributed by atoms with Crippen LogP contribution in [0.3, 0.4) is 0 Å². The maximum atomic E-state index is 10.7. The number of anilines is 2. The zero-order valence-corrected chi connectivity index (χ0v) is 11.2. The summed E-state index contributed by atoms with van der Waals surface area (Å²) in [6.45, 7) is 3.93. The van der Waals surface area contributed by atoms with Crippen molar-refractivity contribution in [2.24, 2.45) is 0 Å². The molecule has 2 aromatic rings. The van der Waals surface area contributed by atoms with Gasteiger partial charge in [0.25, 0.3) is 5.69 Å². The van der Waals surface area contributed by atoms with Gasteiger partial charge in [0.2, 0.25) is 0 Å². The van der Waals surface area contributed by atoms with E-state index in [9.17, 15) is 10.1 Å². The molecule has 0 saturated carbocycles. The summed E-state index contributed by atoms with van der Waals surface area (Å²) >= 11 is 0. The highest BCUT2D eigenvalue weighted by atomic mass is 16.6. The first-order valence-corrected chi connectivity index (χ1v) is 6.04. The highest BCUT2D eigenvalue weighted by Crippen LogP contribution is 2.28. The summed E-state index contributed by atoms with van der Waals surface area (Å²) < 4.78 is 0. The van der Waals surface area contributed by atoms with Gasteiger partial charge in [-0.1, -0.05) is 18.2 Å². The first kappa shape index (κ1) is 13.6. The number of nitrogens with one attached hydrogen (secondary N) is 1. The number of nitrogens with zero attached hydrogens (tertiary/aromatic N) is 2. The van der Waals surface area contributed by atoms with Crippen LogP contribution in [0.5, 0.6) is 0 Å². The van der Waals surface area contributed by atoms with Crippen molar-refractivity contribution in [3.63, 3.8) is 0 Å². The molecule has 0 aliphatic carbocycles. The lowest BCUT2D eigenvalue weighted by molar-refractivity contribution is -0.384. The quantitative estimate of drug-likeness (QED) is 0.677. The molecule has 5 heteroatoms. The molecule has 2 aromatic carbocycles. The number of nitriles is 1. The minimum atomic E-state index is -0.510. The maximum Gasteiger partial charge on any atom is 0.270 e. The fourth-order valence-electron chi connectivity index (χ4n) is 1.99. The van der Waals surface area contributed by atoms with Crippen LogP contribution in [-0.2, 0) is 0 Å². The van der Waals surface area contributed by atoms with Gasteiger partial charge in [-0.05, 0) is 31.0 Å². The molecule has 0 amide bonds. The Kier molecular flexibility index (Phi) is 3.67. The number of aryl methyl sites for hydroxylation is 2. The number of para-hydroxylation sites is 1. The maximum absolute atomic E-state index is 10.7. The average molecular weight is 267 g/mol. The molecule has 1 N–H and O–H groups in total. The Hall–Kier alpha value is -2.87. The van der Waals surface area contributed by atoms with Gasteiger partial charge in [0.1, 0.15) is 6.07 Å². The first-order valence-electron chi connectivity index (χ1n) is 6.04. The monoisotopic (exact) mass is 267 g/mol. The predicted molar refractivity (Wildman–Crippen MR) is 77.0 cm³/mol. The van der Waals surface area contributed by atoms with Crippen molar-refractivity contribution < 1.29 is 4.92 Å². The second-order valence-corrected chi connectivity index (χ2v) is 4.49. The molecule has 2 rings (SSSR count). The first-order chi connectivity index (χ1) is 9.52. The number of benzene rings is 2. The van der Waals surface area contributed by atoms with E-state index in [0.717, 1.165) is 16.8 Å². The standard InChI is InChI=1S/C15H13N3O2/c1-10-4-3-5-11(2)15(10)17-14-7-6-13(18(19)20)8-12(14)9-16/h3-8,17H,1-2H3. The van der Waals surface area contributed by atoms with E-state index in [1.807, 2.05) is 38.1 Å². The van der Waals surface area contributed by atoms with Crippen molar-refractivity contribution >= 4 is 17.1 Å².